The van der Waals surface area contributed by atoms with Gasteiger partial charge in [0.05, 0.1) is 11.4 Å². The van der Waals surface area contributed by atoms with Gasteiger partial charge in [-0.15, -0.1) is 17.9 Å². The number of benzene rings is 1. The molecule has 3 nitrogen and oxygen atoms in total. The highest BCUT2D eigenvalue weighted by molar-refractivity contribution is 7.12. The maximum Gasteiger partial charge on any atom is 0.262 e. The Balaban J connectivity index is 1.75. The Kier molecular flexibility index (Phi) is 6.28. The van der Waals surface area contributed by atoms with Crippen molar-refractivity contribution in [2.24, 2.45) is 0 Å². The van der Waals surface area contributed by atoms with E-state index in [0.29, 0.717) is 18.0 Å². The molecule has 0 aliphatic rings. The van der Waals surface area contributed by atoms with Crippen molar-refractivity contribution in [3.05, 3.63) is 64.9 Å². The Hall–Kier alpha value is -2.51. The average molecular weight is 311 g/mol. The molecule has 1 aromatic heterocycles. The molecule has 0 bridgehead atoms. The average Bonchev–Trinajstić information content (AvgIpc) is 3.07. The monoisotopic (exact) mass is 311 g/mol. The largest absolute Gasteiger partial charge is 0.481 e. The summed E-state index contributed by atoms with van der Waals surface area (Å²) in [6.45, 7) is 4.34. The van der Waals surface area contributed by atoms with Gasteiger partial charge in [0, 0.05) is 0 Å². The van der Waals surface area contributed by atoms with Crippen LogP contribution in [0.3, 0.4) is 0 Å². The zero-order valence-corrected chi connectivity index (χ0v) is 13.0. The molecule has 1 heterocycles. The first-order valence-electron chi connectivity index (χ1n) is 6.90. The van der Waals surface area contributed by atoms with E-state index in [4.69, 9.17) is 4.74 Å². The Morgan fingerprint density at radius 1 is 1.27 bits per heavy atom. The highest BCUT2D eigenvalue weighted by atomic mass is 32.1. The van der Waals surface area contributed by atoms with E-state index in [1.165, 1.54) is 11.3 Å². The van der Waals surface area contributed by atoms with Gasteiger partial charge in [-0.3, -0.25) is 4.79 Å². The minimum absolute atomic E-state index is 0.0958. The summed E-state index contributed by atoms with van der Waals surface area (Å²) in [7, 11) is 0. The second kappa shape index (κ2) is 8.71. The second-order valence-electron chi connectivity index (χ2n) is 4.40. The minimum atomic E-state index is -0.0958. The van der Waals surface area contributed by atoms with Crippen molar-refractivity contribution in [2.45, 2.75) is 6.42 Å². The lowest BCUT2D eigenvalue weighted by atomic mass is 10.1. The lowest BCUT2D eigenvalue weighted by Crippen LogP contribution is -2.22. The fourth-order valence-electron chi connectivity index (χ4n) is 1.82. The number of ether oxygens (including phenoxy) is 1. The summed E-state index contributed by atoms with van der Waals surface area (Å²) in [6, 6.07) is 11.5. The van der Waals surface area contributed by atoms with E-state index in [0.717, 1.165) is 17.7 Å². The molecule has 0 atom stereocenters. The summed E-state index contributed by atoms with van der Waals surface area (Å²) in [5, 5.41) is 4.61. The van der Waals surface area contributed by atoms with Crippen LogP contribution in [0, 0.1) is 11.8 Å². The first kappa shape index (κ1) is 15.9. The maximum absolute atomic E-state index is 11.7. The lowest BCUT2D eigenvalue weighted by molar-refractivity contribution is 0.0962. The fraction of sp³-hybridized carbons (Fsp3) is 0.167. The Morgan fingerprint density at radius 3 is 2.91 bits per heavy atom. The Labute approximate surface area is 134 Å². The van der Waals surface area contributed by atoms with Crippen LogP contribution in [0.5, 0.6) is 5.75 Å². The molecule has 0 saturated heterocycles. The summed E-state index contributed by atoms with van der Waals surface area (Å²) in [5.74, 6) is 6.49. The third-order valence-electron chi connectivity index (χ3n) is 2.84. The molecule has 0 aliphatic carbocycles. The van der Waals surface area contributed by atoms with Gasteiger partial charge in [0.1, 0.15) is 12.4 Å². The number of hydrogen-bond acceptors (Lipinski definition) is 3. The molecule has 2 rings (SSSR count). The van der Waals surface area contributed by atoms with Crippen molar-refractivity contribution < 1.29 is 9.53 Å². The Morgan fingerprint density at radius 2 is 2.14 bits per heavy atom. The zero-order chi connectivity index (χ0) is 15.6. The molecule has 112 valence electrons. The van der Waals surface area contributed by atoms with Gasteiger partial charge in [0.2, 0.25) is 0 Å². The van der Waals surface area contributed by atoms with Gasteiger partial charge in [0.25, 0.3) is 5.91 Å². The van der Waals surface area contributed by atoms with Crippen molar-refractivity contribution in [2.75, 3.05) is 13.2 Å². The summed E-state index contributed by atoms with van der Waals surface area (Å²) in [6.07, 6.45) is 2.61. The molecule has 0 saturated carbocycles. The van der Waals surface area contributed by atoms with Crippen LogP contribution in [-0.4, -0.2) is 19.1 Å². The van der Waals surface area contributed by atoms with Crippen LogP contribution in [-0.2, 0) is 6.42 Å². The molecule has 0 aliphatic heterocycles. The van der Waals surface area contributed by atoms with Crippen molar-refractivity contribution in [3.8, 4) is 17.6 Å². The number of hydrogen-bond donors (Lipinski definition) is 1. The van der Waals surface area contributed by atoms with E-state index in [1.54, 1.807) is 6.07 Å². The number of carbonyl (C=O) groups excluding carboxylic acids is 1. The quantitative estimate of drug-likeness (QED) is 0.657. The molecular formula is C18H17NO2S. The molecule has 0 radical (unpaired) electrons. The minimum Gasteiger partial charge on any atom is -0.481 e. The molecule has 22 heavy (non-hydrogen) atoms. The number of amides is 1. The first-order valence-corrected chi connectivity index (χ1v) is 7.78. The van der Waals surface area contributed by atoms with Gasteiger partial charge < -0.3 is 10.1 Å². The van der Waals surface area contributed by atoms with Gasteiger partial charge in [-0.05, 0) is 29.5 Å². The van der Waals surface area contributed by atoms with E-state index < -0.39 is 0 Å². The standard InChI is InChI=1S/C18H17NO2S/c1-2-8-15-9-3-4-10-16(15)21-13-6-5-12-19-18(20)17-11-7-14-22-17/h2-4,7,9-11,14H,1,8,12-13H2,(H,19,20). The van der Waals surface area contributed by atoms with Gasteiger partial charge in [-0.2, -0.15) is 0 Å². The van der Waals surface area contributed by atoms with E-state index in [-0.39, 0.29) is 5.91 Å². The van der Waals surface area contributed by atoms with Crippen LogP contribution < -0.4 is 10.1 Å². The van der Waals surface area contributed by atoms with Gasteiger partial charge in [0.15, 0.2) is 0 Å². The summed E-state index contributed by atoms with van der Waals surface area (Å²) in [5.41, 5.74) is 1.09. The number of allylic oxidation sites excluding steroid dienone is 1. The first-order chi connectivity index (χ1) is 10.8. The smallest absolute Gasteiger partial charge is 0.262 e. The Bertz CT molecular complexity index is 681. The van der Waals surface area contributed by atoms with E-state index in [1.807, 2.05) is 41.8 Å². The van der Waals surface area contributed by atoms with Gasteiger partial charge >= 0.3 is 0 Å². The molecule has 4 heteroatoms. The van der Waals surface area contributed by atoms with Crippen LogP contribution in [0.1, 0.15) is 15.2 Å². The topological polar surface area (TPSA) is 38.3 Å². The zero-order valence-electron chi connectivity index (χ0n) is 12.2. The predicted octanol–water partition coefficient (Wildman–Crippen LogP) is 3.29. The molecular weight excluding hydrogens is 294 g/mol. The molecule has 1 aromatic carbocycles. The lowest BCUT2D eigenvalue weighted by Gasteiger charge is -2.07. The SMILES string of the molecule is C=CCc1ccccc1OCC#CCNC(=O)c1cccs1. The number of nitrogens with one attached hydrogen (secondary N) is 1. The third kappa shape index (κ3) is 4.80. The number of para-hydroxylation sites is 1. The summed E-state index contributed by atoms with van der Waals surface area (Å²) >= 11 is 1.41. The van der Waals surface area contributed by atoms with Crippen molar-refractivity contribution in [1.29, 1.82) is 0 Å². The van der Waals surface area contributed by atoms with Crippen molar-refractivity contribution >= 4 is 17.2 Å². The van der Waals surface area contributed by atoms with E-state index >= 15 is 0 Å². The van der Waals surface area contributed by atoms with Crippen molar-refractivity contribution in [1.82, 2.24) is 5.32 Å². The predicted molar refractivity (Wildman–Crippen MR) is 90.3 cm³/mol. The van der Waals surface area contributed by atoms with Crippen LogP contribution in [0.15, 0.2) is 54.4 Å². The fourth-order valence-corrected chi connectivity index (χ4v) is 2.46. The number of thiophene rings is 1. The maximum atomic E-state index is 11.7. The van der Waals surface area contributed by atoms with Crippen LogP contribution in [0.4, 0.5) is 0 Å². The van der Waals surface area contributed by atoms with E-state index in [9.17, 15) is 4.79 Å². The van der Waals surface area contributed by atoms with E-state index in [2.05, 4.69) is 23.7 Å². The summed E-state index contributed by atoms with van der Waals surface area (Å²) in [4.78, 5) is 12.4. The second-order valence-corrected chi connectivity index (χ2v) is 5.35. The van der Waals surface area contributed by atoms with Gasteiger partial charge in [-0.1, -0.05) is 42.2 Å². The normalized spacial score (nSPS) is 9.45. The molecule has 2 aromatic rings. The third-order valence-corrected chi connectivity index (χ3v) is 3.71. The summed E-state index contributed by atoms with van der Waals surface area (Å²) < 4.78 is 5.64. The molecule has 1 N–H and O–H groups in total. The molecule has 0 unspecified atom stereocenters. The molecule has 0 fully saturated rings. The highest BCUT2D eigenvalue weighted by Gasteiger charge is 2.03. The highest BCUT2D eigenvalue weighted by Crippen LogP contribution is 2.18. The van der Waals surface area contributed by atoms with Crippen LogP contribution in [0.2, 0.25) is 0 Å². The van der Waals surface area contributed by atoms with Crippen LogP contribution >= 0.6 is 11.3 Å². The van der Waals surface area contributed by atoms with Gasteiger partial charge in [-0.25, -0.2) is 0 Å². The number of rotatable bonds is 6. The van der Waals surface area contributed by atoms with Crippen molar-refractivity contribution in [3.63, 3.8) is 0 Å². The molecule has 1 amide bonds. The van der Waals surface area contributed by atoms with Crippen LogP contribution in [0.25, 0.3) is 0 Å². The number of carbonyl (C=O) groups is 1. The molecule has 0 spiro atoms.